The maximum Gasteiger partial charge on any atom is 0.410 e. The summed E-state index contributed by atoms with van der Waals surface area (Å²) in [5, 5.41) is 3.02. The number of likely N-dealkylation sites (tertiary alicyclic amines) is 1. The first-order valence-corrected chi connectivity index (χ1v) is 9.90. The van der Waals surface area contributed by atoms with E-state index in [0.29, 0.717) is 29.9 Å². The van der Waals surface area contributed by atoms with Gasteiger partial charge in [-0.1, -0.05) is 5.73 Å². The van der Waals surface area contributed by atoms with E-state index >= 15 is 0 Å². The van der Waals surface area contributed by atoms with Gasteiger partial charge in [-0.2, -0.15) is 0 Å². The molecule has 0 aromatic carbocycles. The molecule has 28 heavy (non-hydrogen) atoms. The number of amides is 2. The van der Waals surface area contributed by atoms with Crippen molar-refractivity contribution >= 4 is 12.0 Å². The Labute approximate surface area is 167 Å². The lowest BCUT2D eigenvalue weighted by Gasteiger charge is -2.26. The normalized spacial score (nSPS) is 27.0. The SMILES string of the molecule is CC(C)(C)OC(=O)N1C[C@@H]2C(CCNC(=O)C3=CN4C=CC=C=C4C=C3)[C@@H]2C1.[HH]. The van der Waals surface area contributed by atoms with Gasteiger partial charge in [0.15, 0.2) is 0 Å². The maximum atomic E-state index is 12.4. The van der Waals surface area contributed by atoms with E-state index in [0.717, 1.165) is 25.2 Å². The van der Waals surface area contributed by atoms with Crippen molar-refractivity contribution in [2.75, 3.05) is 19.6 Å². The number of piperidine rings is 1. The molecule has 0 aromatic rings. The molecule has 4 rings (SSSR count). The van der Waals surface area contributed by atoms with Gasteiger partial charge in [-0.25, -0.2) is 4.79 Å². The summed E-state index contributed by atoms with van der Waals surface area (Å²) in [6.07, 6.45) is 11.9. The Balaban J connectivity index is 0.00000240. The number of hydrogen-bond acceptors (Lipinski definition) is 4. The van der Waals surface area contributed by atoms with Crippen LogP contribution in [0.5, 0.6) is 0 Å². The number of allylic oxidation sites excluding steroid dienone is 2. The molecule has 2 amide bonds. The van der Waals surface area contributed by atoms with Crippen molar-refractivity contribution in [2.24, 2.45) is 17.8 Å². The van der Waals surface area contributed by atoms with Crippen molar-refractivity contribution in [3.8, 4) is 0 Å². The van der Waals surface area contributed by atoms with Crippen LogP contribution >= 0.6 is 0 Å². The van der Waals surface area contributed by atoms with Crippen molar-refractivity contribution in [1.29, 1.82) is 0 Å². The largest absolute Gasteiger partial charge is 0.444 e. The fourth-order valence-electron chi connectivity index (χ4n) is 4.17. The summed E-state index contributed by atoms with van der Waals surface area (Å²) in [6.45, 7) is 7.87. The molecule has 3 heterocycles. The first-order chi connectivity index (χ1) is 13.3. The fraction of sp³-hybridized carbons (Fsp3) is 0.500. The van der Waals surface area contributed by atoms with Crippen LogP contribution in [0.1, 0.15) is 28.6 Å². The van der Waals surface area contributed by atoms with E-state index in [4.69, 9.17) is 4.74 Å². The summed E-state index contributed by atoms with van der Waals surface area (Å²) in [5.74, 6) is 1.64. The van der Waals surface area contributed by atoms with Crippen molar-refractivity contribution in [2.45, 2.75) is 32.8 Å². The third-order valence-electron chi connectivity index (χ3n) is 5.60. The van der Waals surface area contributed by atoms with Gasteiger partial charge in [0.2, 0.25) is 0 Å². The Morgan fingerprint density at radius 3 is 2.75 bits per heavy atom. The summed E-state index contributed by atoms with van der Waals surface area (Å²) in [6, 6.07) is 0. The average Bonchev–Trinajstić information content (AvgIpc) is 3.09. The van der Waals surface area contributed by atoms with E-state index in [9.17, 15) is 9.59 Å². The van der Waals surface area contributed by atoms with E-state index in [1.165, 1.54) is 0 Å². The third kappa shape index (κ3) is 3.92. The fourth-order valence-corrected chi connectivity index (χ4v) is 4.17. The molecule has 0 spiro atoms. The number of rotatable bonds is 4. The topological polar surface area (TPSA) is 61.9 Å². The Hall–Kier alpha value is -2.72. The molecule has 0 radical (unpaired) electrons. The predicted molar refractivity (Wildman–Crippen MR) is 108 cm³/mol. The second-order valence-electron chi connectivity index (χ2n) is 8.78. The van der Waals surface area contributed by atoms with Crippen molar-refractivity contribution in [1.82, 2.24) is 15.1 Å². The second kappa shape index (κ2) is 7.02. The Kier molecular flexibility index (Phi) is 4.68. The Morgan fingerprint density at radius 2 is 2.04 bits per heavy atom. The van der Waals surface area contributed by atoms with Crippen LogP contribution in [0.25, 0.3) is 0 Å². The zero-order valence-corrected chi connectivity index (χ0v) is 16.6. The monoisotopic (exact) mass is 383 g/mol. The number of ether oxygens (including phenoxy) is 1. The zero-order valence-electron chi connectivity index (χ0n) is 16.6. The van der Waals surface area contributed by atoms with Crippen LogP contribution in [0.15, 0.2) is 53.7 Å². The van der Waals surface area contributed by atoms with Crippen LogP contribution in [0, 0.1) is 17.8 Å². The standard InChI is InChI=1S/C22H27N3O3.H2/c1-22(2,3)28-21(27)25-13-18-17(19(18)14-25)9-10-23-20(26)15-7-8-16-6-4-5-11-24(16)12-15;/h4-5,7-8,11-12,17-19H,9-10,13-14H2,1-3H3,(H,23,26);1H/t17?,18-,19+;. The summed E-state index contributed by atoms with van der Waals surface area (Å²) < 4.78 is 5.44. The van der Waals surface area contributed by atoms with Gasteiger partial charge in [0.1, 0.15) is 5.60 Å². The van der Waals surface area contributed by atoms with E-state index < -0.39 is 5.60 Å². The number of nitrogens with zero attached hydrogens (tertiary/aromatic N) is 2. The number of fused-ring (bicyclic) bond motifs is 2. The number of hydrogen-bond donors (Lipinski definition) is 1. The van der Waals surface area contributed by atoms with Gasteiger partial charge >= 0.3 is 6.09 Å². The smallest absolute Gasteiger partial charge is 0.410 e. The van der Waals surface area contributed by atoms with Gasteiger partial charge in [0, 0.05) is 33.5 Å². The Morgan fingerprint density at radius 1 is 1.29 bits per heavy atom. The summed E-state index contributed by atoms with van der Waals surface area (Å²) in [5.41, 5.74) is 4.25. The quantitative estimate of drug-likeness (QED) is 0.758. The van der Waals surface area contributed by atoms with Gasteiger partial charge < -0.3 is 19.9 Å². The predicted octanol–water partition coefficient (Wildman–Crippen LogP) is 3.17. The van der Waals surface area contributed by atoms with Crippen LogP contribution in [-0.4, -0.2) is 47.0 Å². The van der Waals surface area contributed by atoms with E-state index in [1.54, 1.807) is 0 Å². The van der Waals surface area contributed by atoms with Crippen LogP contribution in [0.2, 0.25) is 0 Å². The molecule has 3 atom stereocenters. The minimum absolute atomic E-state index is 0. The number of carbonyl (C=O) groups excluding carboxylic acids is 2. The van der Waals surface area contributed by atoms with Crippen LogP contribution in [0.4, 0.5) is 4.79 Å². The van der Waals surface area contributed by atoms with Gasteiger partial charge in [0.25, 0.3) is 5.91 Å². The highest BCUT2D eigenvalue weighted by molar-refractivity contribution is 5.96. The minimum atomic E-state index is -0.452. The van der Waals surface area contributed by atoms with Crippen LogP contribution in [0.3, 0.4) is 0 Å². The minimum Gasteiger partial charge on any atom is -0.444 e. The first-order valence-electron chi connectivity index (χ1n) is 9.90. The molecule has 1 aliphatic carbocycles. The molecule has 4 aliphatic rings. The highest BCUT2D eigenvalue weighted by Crippen LogP contribution is 2.53. The van der Waals surface area contributed by atoms with E-state index in [1.807, 2.05) is 67.3 Å². The maximum absolute atomic E-state index is 12.4. The second-order valence-corrected chi connectivity index (χ2v) is 8.78. The van der Waals surface area contributed by atoms with Gasteiger partial charge in [-0.3, -0.25) is 4.79 Å². The molecule has 1 N–H and O–H groups in total. The van der Waals surface area contributed by atoms with Crippen molar-refractivity contribution in [3.63, 3.8) is 0 Å². The first kappa shape index (κ1) is 18.6. The highest BCUT2D eigenvalue weighted by atomic mass is 16.6. The lowest BCUT2D eigenvalue weighted by atomic mass is 10.1. The van der Waals surface area contributed by atoms with Gasteiger partial charge in [-0.15, -0.1) is 0 Å². The third-order valence-corrected chi connectivity index (χ3v) is 5.60. The molecule has 6 nitrogen and oxygen atoms in total. The lowest BCUT2D eigenvalue weighted by molar-refractivity contribution is -0.117. The summed E-state index contributed by atoms with van der Waals surface area (Å²) >= 11 is 0. The lowest BCUT2D eigenvalue weighted by Crippen LogP contribution is -2.37. The van der Waals surface area contributed by atoms with Crippen molar-refractivity contribution < 1.29 is 15.8 Å². The van der Waals surface area contributed by atoms with Gasteiger partial charge in [0.05, 0.1) is 11.3 Å². The molecule has 1 saturated carbocycles. The number of carbonyl (C=O) groups is 2. The molecular formula is C22H29N3O3. The summed E-state index contributed by atoms with van der Waals surface area (Å²) in [7, 11) is 0. The molecule has 6 heteroatoms. The molecule has 2 fully saturated rings. The summed E-state index contributed by atoms with van der Waals surface area (Å²) in [4.78, 5) is 28.2. The molecule has 0 bridgehead atoms. The van der Waals surface area contributed by atoms with E-state index in [2.05, 4.69) is 11.0 Å². The molecule has 3 aliphatic heterocycles. The van der Waals surface area contributed by atoms with E-state index in [-0.39, 0.29) is 13.4 Å². The Bertz CT molecular complexity index is 834. The van der Waals surface area contributed by atoms with Crippen molar-refractivity contribution in [3.05, 3.63) is 53.7 Å². The van der Waals surface area contributed by atoms with Crippen LogP contribution < -0.4 is 5.32 Å². The average molecular weight is 383 g/mol. The molecule has 150 valence electrons. The highest BCUT2D eigenvalue weighted by Gasteiger charge is 2.56. The zero-order chi connectivity index (χ0) is 19.9. The molecule has 1 saturated heterocycles. The van der Waals surface area contributed by atoms with Gasteiger partial charge in [-0.05, 0) is 69.2 Å². The number of nitrogens with one attached hydrogen (secondary N) is 1. The molecule has 1 unspecified atom stereocenters. The van der Waals surface area contributed by atoms with Crippen LogP contribution in [-0.2, 0) is 9.53 Å². The molecular weight excluding hydrogens is 354 g/mol. The molecule has 0 aromatic heterocycles.